The van der Waals surface area contributed by atoms with Crippen LogP contribution in [0.25, 0.3) is 0 Å². The van der Waals surface area contributed by atoms with Crippen molar-refractivity contribution in [2.75, 3.05) is 27.2 Å². The highest BCUT2D eigenvalue weighted by atomic mass is 32.2. The number of rotatable bonds is 5. The van der Waals surface area contributed by atoms with E-state index in [9.17, 15) is 17.2 Å². The second-order valence-corrected chi connectivity index (χ2v) is 9.59. The van der Waals surface area contributed by atoms with Gasteiger partial charge in [-0.05, 0) is 42.4 Å². The summed E-state index contributed by atoms with van der Waals surface area (Å²) in [6, 6.07) is 4.79. The van der Waals surface area contributed by atoms with Gasteiger partial charge < -0.3 is 9.47 Å². The van der Waals surface area contributed by atoms with E-state index in [-0.39, 0.29) is 29.4 Å². The van der Waals surface area contributed by atoms with E-state index in [1.165, 1.54) is 24.5 Å². The first-order valence-electron chi connectivity index (χ1n) is 8.94. The molecule has 1 unspecified atom stereocenters. The highest BCUT2D eigenvalue weighted by molar-refractivity contribution is 7.87. The first-order valence-corrected chi connectivity index (χ1v) is 10.4. The predicted molar refractivity (Wildman–Crippen MR) is 93.7 cm³/mol. The minimum absolute atomic E-state index is 0.0422. The van der Waals surface area contributed by atoms with Crippen molar-refractivity contribution in [1.29, 1.82) is 0 Å². The van der Waals surface area contributed by atoms with Crippen LogP contribution in [0, 0.1) is 11.8 Å². The molecule has 10 heteroatoms. The van der Waals surface area contributed by atoms with Gasteiger partial charge in [0.15, 0.2) is 11.5 Å². The van der Waals surface area contributed by atoms with E-state index < -0.39 is 16.5 Å². The van der Waals surface area contributed by atoms with Gasteiger partial charge in [-0.2, -0.15) is 17.4 Å². The summed E-state index contributed by atoms with van der Waals surface area (Å²) in [7, 11) is -0.422. The lowest BCUT2D eigenvalue weighted by Gasteiger charge is -2.38. The number of hydrogen-bond acceptors (Lipinski definition) is 5. The van der Waals surface area contributed by atoms with Crippen LogP contribution in [0.3, 0.4) is 0 Å². The van der Waals surface area contributed by atoms with Crippen molar-refractivity contribution in [2.24, 2.45) is 11.8 Å². The van der Waals surface area contributed by atoms with Gasteiger partial charge in [-0.1, -0.05) is 6.07 Å². The van der Waals surface area contributed by atoms with Crippen LogP contribution in [-0.4, -0.2) is 57.1 Å². The molecule has 2 bridgehead atoms. The maximum Gasteiger partial charge on any atom is 0.586 e. The number of hydrogen-bond donors (Lipinski definition) is 1. The molecule has 3 atom stereocenters. The summed E-state index contributed by atoms with van der Waals surface area (Å²) < 4.78 is 63.6. The molecule has 1 saturated heterocycles. The number of alkyl halides is 2. The quantitative estimate of drug-likeness (QED) is 0.809. The fourth-order valence-corrected chi connectivity index (χ4v) is 5.21. The minimum atomic E-state index is -3.61. The number of nitrogens with one attached hydrogen (secondary N) is 1. The number of ether oxygens (including phenoxy) is 2. The van der Waals surface area contributed by atoms with E-state index in [1.807, 2.05) is 0 Å². The predicted octanol–water partition coefficient (Wildman–Crippen LogP) is 1.61. The molecule has 1 aliphatic carbocycles. The first kappa shape index (κ1) is 18.9. The number of fused-ring (bicyclic) bond motifs is 3. The van der Waals surface area contributed by atoms with Crippen LogP contribution >= 0.6 is 0 Å². The Hall–Kier alpha value is -1.49. The van der Waals surface area contributed by atoms with Gasteiger partial charge in [-0.25, -0.2) is 0 Å². The lowest BCUT2D eigenvalue weighted by atomic mass is 9.93. The van der Waals surface area contributed by atoms with Gasteiger partial charge in [0.25, 0.3) is 10.2 Å². The molecule has 1 saturated carbocycles. The van der Waals surface area contributed by atoms with Crippen LogP contribution in [0.15, 0.2) is 18.2 Å². The Balaban J connectivity index is 1.41. The smallest absolute Gasteiger partial charge is 0.395 e. The van der Waals surface area contributed by atoms with Crippen LogP contribution in [0.2, 0.25) is 0 Å². The zero-order valence-electron chi connectivity index (χ0n) is 15.2. The van der Waals surface area contributed by atoms with E-state index in [1.54, 1.807) is 12.1 Å². The number of nitrogens with zero attached hydrogens (tertiary/aromatic N) is 2. The number of benzene rings is 1. The molecular formula is C17H23F2N3O4S. The zero-order valence-corrected chi connectivity index (χ0v) is 16.0. The van der Waals surface area contributed by atoms with Gasteiger partial charge in [0.2, 0.25) is 0 Å². The summed E-state index contributed by atoms with van der Waals surface area (Å²) in [5.74, 6) is 0.586. The summed E-state index contributed by atoms with van der Waals surface area (Å²) >= 11 is 0. The molecular weight excluding hydrogens is 380 g/mol. The summed E-state index contributed by atoms with van der Waals surface area (Å²) in [5, 5.41) is 0. The maximum atomic E-state index is 13.2. The van der Waals surface area contributed by atoms with Crippen molar-refractivity contribution >= 4 is 10.2 Å². The van der Waals surface area contributed by atoms with Crippen LogP contribution in [0.4, 0.5) is 8.78 Å². The zero-order chi connectivity index (χ0) is 19.4. The second kappa shape index (κ2) is 6.54. The SMILES string of the molecule is CN(C)S(=O)(=O)NC1[C@@H]2CC[C@H]1CN(Cc1ccc3c(c1)OC(F)(F)O3)C2. The minimum Gasteiger partial charge on any atom is -0.395 e. The molecule has 1 N–H and O–H groups in total. The lowest BCUT2D eigenvalue weighted by Crippen LogP contribution is -2.54. The normalized spacial score (nSPS) is 29.4. The van der Waals surface area contributed by atoms with Crippen molar-refractivity contribution in [2.45, 2.75) is 31.7 Å². The Kier molecular flexibility index (Phi) is 4.57. The van der Waals surface area contributed by atoms with Gasteiger partial charge >= 0.3 is 6.29 Å². The average molecular weight is 403 g/mol. The van der Waals surface area contributed by atoms with Crippen molar-refractivity contribution < 1.29 is 26.7 Å². The van der Waals surface area contributed by atoms with Crippen LogP contribution in [0.5, 0.6) is 11.5 Å². The summed E-state index contributed by atoms with van der Waals surface area (Å²) in [6.07, 6.45) is -1.65. The molecule has 0 spiro atoms. The molecule has 1 aromatic carbocycles. The van der Waals surface area contributed by atoms with E-state index in [4.69, 9.17) is 0 Å². The Morgan fingerprint density at radius 3 is 2.44 bits per heavy atom. The van der Waals surface area contributed by atoms with Gasteiger partial charge in [0, 0.05) is 39.8 Å². The van der Waals surface area contributed by atoms with Crippen LogP contribution < -0.4 is 14.2 Å². The van der Waals surface area contributed by atoms with Crippen molar-refractivity contribution in [3.05, 3.63) is 23.8 Å². The monoisotopic (exact) mass is 403 g/mol. The molecule has 0 amide bonds. The van der Waals surface area contributed by atoms with Gasteiger partial charge in [0.05, 0.1) is 0 Å². The molecule has 27 heavy (non-hydrogen) atoms. The third kappa shape index (κ3) is 3.75. The highest BCUT2D eigenvalue weighted by Crippen LogP contribution is 2.42. The average Bonchev–Trinajstić information content (AvgIpc) is 2.97. The van der Waals surface area contributed by atoms with Crippen LogP contribution in [0.1, 0.15) is 18.4 Å². The molecule has 2 heterocycles. The topological polar surface area (TPSA) is 71.1 Å². The number of piperidine rings is 1. The molecule has 2 fully saturated rings. The van der Waals surface area contributed by atoms with E-state index in [2.05, 4.69) is 19.1 Å². The maximum absolute atomic E-state index is 13.2. The number of halogens is 2. The Morgan fingerprint density at radius 1 is 1.19 bits per heavy atom. The van der Waals surface area contributed by atoms with Crippen molar-refractivity contribution in [3.63, 3.8) is 0 Å². The molecule has 7 nitrogen and oxygen atoms in total. The van der Waals surface area contributed by atoms with Gasteiger partial charge in [-0.15, -0.1) is 8.78 Å². The molecule has 150 valence electrons. The highest BCUT2D eigenvalue weighted by Gasteiger charge is 2.45. The van der Waals surface area contributed by atoms with E-state index in [0.717, 1.165) is 31.5 Å². The molecule has 2 aliphatic heterocycles. The van der Waals surface area contributed by atoms with Crippen molar-refractivity contribution in [1.82, 2.24) is 13.9 Å². The fourth-order valence-electron chi connectivity index (χ4n) is 4.27. The van der Waals surface area contributed by atoms with E-state index >= 15 is 0 Å². The molecule has 3 aliphatic rings. The summed E-state index contributed by atoms with van der Waals surface area (Å²) in [5.41, 5.74) is 0.863. The summed E-state index contributed by atoms with van der Waals surface area (Å²) in [4.78, 5) is 2.25. The molecule has 0 radical (unpaired) electrons. The first-order chi connectivity index (χ1) is 12.6. The Morgan fingerprint density at radius 2 is 1.81 bits per heavy atom. The van der Waals surface area contributed by atoms with Crippen molar-refractivity contribution in [3.8, 4) is 11.5 Å². The second-order valence-electron chi connectivity index (χ2n) is 7.67. The summed E-state index contributed by atoms with van der Waals surface area (Å²) in [6.45, 7) is 2.13. The molecule has 4 rings (SSSR count). The lowest BCUT2D eigenvalue weighted by molar-refractivity contribution is -0.286. The number of likely N-dealkylation sites (tertiary alicyclic amines) is 1. The van der Waals surface area contributed by atoms with Gasteiger partial charge in [-0.3, -0.25) is 4.90 Å². The van der Waals surface area contributed by atoms with E-state index in [0.29, 0.717) is 6.54 Å². The standard InChI is InChI=1S/C17H23F2N3O4S/c1-21(2)27(23,24)20-16-12-4-5-13(16)10-22(9-12)8-11-3-6-14-15(7-11)26-17(18,19)25-14/h3,6-7,12-13,16,20H,4-5,8-10H2,1-2H3/t12-,13+,16?. The Bertz CT molecular complexity index is 819. The fraction of sp³-hybridized carbons (Fsp3) is 0.647. The third-order valence-corrected chi connectivity index (χ3v) is 7.08. The third-order valence-electron chi connectivity index (χ3n) is 5.55. The molecule has 1 aromatic rings. The Labute approximate surface area is 157 Å². The van der Waals surface area contributed by atoms with Crippen LogP contribution in [-0.2, 0) is 16.8 Å². The largest absolute Gasteiger partial charge is 0.586 e. The van der Waals surface area contributed by atoms with Gasteiger partial charge in [0.1, 0.15) is 0 Å². The molecule has 0 aromatic heterocycles.